The Morgan fingerprint density at radius 3 is 2.67 bits per heavy atom. The summed E-state index contributed by atoms with van der Waals surface area (Å²) < 4.78 is 5.38. The lowest BCUT2D eigenvalue weighted by molar-refractivity contribution is -0.385. The Morgan fingerprint density at radius 2 is 2.10 bits per heavy atom. The number of aromatic nitrogens is 1. The van der Waals surface area contributed by atoms with Crippen LogP contribution in [0.1, 0.15) is 15.9 Å². The van der Waals surface area contributed by atoms with Crippen molar-refractivity contribution in [2.24, 2.45) is 5.73 Å². The number of carbonyl (C=O) groups excluding carboxylic acids is 1. The van der Waals surface area contributed by atoms with Gasteiger partial charge in [-0.2, -0.15) is 0 Å². The summed E-state index contributed by atoms with van der Waals surface area (Å²) in [7, 11) is 0. The standard InChI is InChI=1S/C13H12N4O4/c1-7-4-12(16-6-9(7)14)21-11-3-2-8(13(15)18)5-10(11)17(19)20/h2-6H,14H2,1H3,(H2,15,18). The van der Waals surface area contributed by atoms with E-state index in [2.05, 4.69) is 4.98 Å². The van der Waals surface area contributed by atoms with E-state index in [0.29, 0.717) is 5.69 Å². The second kappa shape index (κ2) is 5.45. The van der Waals surface area contributed by atoms with Crippen LogP contribution in [-0.4, -0.2) is 15.8 Å². The molecule has 1 aromatic carbocycles. The van der Waals surface area contributed by atoms with Crippen LogP contribution in [0.25, 0.3) is 0 Å². The van der Waals surface area contributed by atoms with E-state index in [9.17, 15) is 14.9 Å². The Morgan fingerprint density at radius 1 is 1.38 bits per heavy atom. The van der Waals surface area contributed by atoms with Crippen LogP contribution >= 0.6 is 0 Å². The van der Waals surface area contributed by atoms with Gasteiger partial charge in [-0.15, -0.1) is 0 Å². The van der Waals surface area contributed by atoms with Gasteiger partial charge in [0.05, 0.1) is 16.8 Å². The van der Waals surface area contributed by atoms with Gasteiger partial charge in [0.25, 0.3) is 0 Å². The van der Waals surface area contributed by atoms with E-state index in [4.69, 9.17) is 16.2 Å². The molecular formula is C13H12N4O4. The summed E-state index contributed by atoms with van der Waals surface area (Å²) in [4.78, 5) is 25.4. The fraction of sp³-hybridized carbons (Fsp3) is 0.0769. The molecule has 1 heterocycles. The molecular weight excluding hydrogens is 276 g/mol. The Bertz CT molecular complexity index is 730. The van der Waals surface area contributed by atoms with Crippen molar-refractivity contribution in [3.63, 3.8) is 0 Å². The monoisotopic (exact) mass is 288 g/mol. The van der Waals surface area contributed by atoms with Gasteiger partial charge >= 0.3 is 5.69 Å². The topological polar surface area (TPSA) is 134 Å². The zero-order chi connectivity index (χ0) is 15.6. The number of hydrogen-bond acceptors (Lipinski definition) is 6. The number of benzene rings is 1. The number of ether oxygens (including phenoxy) is 1. The van der Waals surface area contributed by atoms with E-state index in [1.807, 2.05) is 0 Å². The number of nitro benzene ring substituents is 1. The number of anilines is 1. The number of nitrogens with zero attached hydrogens (tertiary/aromatic N) is 2. The molecule has 4 N–H and O–H groups in total. The summed E-state index contributed by atoms with van der Waals surface area (Å²) in [6.07, 6.45) is 1.40. The van der Waals surface area contributed by atoms with E-state index >= 15 is 0 Å². The number of carbonyl (C=O) groups is 1. The molecule has 0 aliphatic heterocycles. The molecule has 0 saturated heterocycles. The first kappa shape index (κ1) is 14.3. The maximum atomic E-state index is 11.1. The summed E-state index contributed by atoms with van der Waals surface area (Å²) in [6, 6.07) is 5.25. The molecule has 0 unspecified atom stereocenters. The molecule has 0 spiro atoms. The minimum Gasteiger partial charge on any atom is -0.432 e. The predicted octanol–water partition coefficient (Wildman–Crippen LogP) is 1.77. The second-order valence-electron chi connectivity index (χ2n) is 4.29. The first-order chi connectivity index (χ1) is 9.88. The van der Waals surface area contributed by atoms with E-state index in [0.717, 1.165) is 11.6 Å². The Kier molecular flexibility index (Phi) is 3.70. The number of nitrogen functional groups attached to an aromatic ring is 1. The highest BCUT2D eigenvalue weighted by Gasteiger charge is 2.19. The molecule has 108 valence electrons. The third-order valence-electron chi connectivity index (χ3n) is 2.78. The lowest BCUT2D eigenvalue weighted by atomic mass is 10.2. The van der Waals surface area contributed by atoms with E-state index in [-0.39, 0.29) is 22.9 Å². The van der Waals surface area contributed by atoms with E-state index in [1.165, 1.54) is 18.3 Å². The van der Waals surface area contributed by atoms with Crippen molar-refractivity contribution < 1.29 is 14.5 Å². The molecule has 0 aliphatic carbocycles. The molecule has 1 aromatic heterocycles. The smallest absolute Gasteiger partial charge is 0.312 e. The van der Waals surface area contributed by atoms with Crippen LogP contribution in [0, 0.1) is 17.0 Å². The molecule has 2 rings (SSSR count). The lowest BCUT2D eigenvalue weighted by Crippen LogP contribution is -2.11. The third kappa shape index (κ3) is 3.06. The van der Waals surface area contributed by atoms with Crippen LogP contribution in [0.4, 0.5) is 11.4 Å². The maximum Gasteiger partial charge on any atom is 0.312 e. The molecule has 0 radical (unpaired) electrons. The van der Waals surface area contributed by atoms with Gasteiger partial charge in [-0.25, -0.2) is 4.98 Å². The predicted molar refractivity (Wildman–Crippen MR) is 75.1 cm³/mol. The minimum atomic E-state index is -0.758. The van der Waals surface area contributed by atoms with Gasteiger partial charge in [-0.1, -0.05) is 0 Å². The van der Waals surface area contributed by atoms with Crippen molar-refractivity contribution in [3.8, 4) is 11.6 Å². The van der Waals surface area contributed by atoms with Gasteiger partial charge in [0.1, 0.15) is 0 Å². The average Bonchev–Trinajstić information content (AvgIpc) is 2.43. The van der Waals surface area contributed by atoms with Gasteiger partial charge in [0.2, 0.25) is 17.5 Å². The highest BCUT2D eigenvalue weighted by Crippen LogP contribution is 2.32. The fourth-order valence-corrected chi connectivity index (χ4v) is 1.61. The van der Waals surface area contributed by atoms with Gasteiger partial charge in [-0.05, 0) is 24.6 Å². The van der Waals surface area contributed by atoms with E-state index < -0.39 is 10.8 Å². The van der Waals surface area contributed by atoms with Crippen molar-refractivity contribution in [1.82, 2.24) is 4.98 Å². The summed E-state index contributed by atoms with van der Waals surface area (Å²) in [5.41, 5.74) is 11.6. The highest BCUT2D eigenvalue weighted by molar-refractivity contribution is 5.93. The first-order valence-corrected chi connectivity index (χ1v) is 5.86. The summed E-state index contributed by atoms with van der Waals surface area (Å²) >= 11 is 0. The Balaban J connectivity index is 2.41. The Labute approximate surface area is 119 Å². The van der Waals surface area contributed by atoms with Gasteiger partial charge in [0, 0.05) is 17.7 Å². The summed E-state index contributed by atoms with van der Waals surface area (Å²) in [6.45, 7) is 1.76. The number of hydrogen-bond donors (Lipinski definition) is 2. The number of nitro groups is 1. The molecule has 0 atom stereocenters. The zero-order valence-electron chi connectivity index (χ0n) is 11.1. The molecule has 2 aromatic rings. The summed E-state index contributed by atoms with van der Waals surface area (Å²) in [5.74, 6) is -0.635. The number of nitrogens with two attached hydrogens (primary N) is 2. The van der Waals surface area contributed by atoms with Gasteiger partial charge < -0.3 is 16.2 Å². The van der Waals surface area contributed by atoms with Crippen molar-refractivity contribution in [2.45, 2.75) is 6.92 Å². The molecule has 0 saturated carbocycles. The van der Waals surface area contributed by atoms with E-state index in [1.54, 1.807) is 13.0 Å². The van der Waals surface area contributed by atoms with Crippen LogP contribution in [0.15, 0.2) is 30.5 Å². The maximum absolute atomic E-state index is 11.1. The number of rotatable bonds is 4. The van der Waals surface area contributed by atoms with Crippen LogP contribution in [0.2, 0.25) is 0 Å². The first-order valence-electron chi connectivity index (χ1n) is 5.86. The van der Waals surface area contributed by atoms with Crippen molar-refractivity contribution in [3.05, 3.63) is 51.7 Å². The minimum absolute atomic E-state index is 0.0236. The fourth-order valence-electron chi connectivity index (χ4n) is 1.61. The molecule has 0 aliphatic rings. The number of pyridine rings is 1. The molecule has 8 heteroatoms. The summed E-state index contributed by atoms with van der Waals surface area (Å²) in [5, 5.41) is 11.0. The van der Waals surface area contributed by atoms with Gasteiger partial charge in [0.15, 0.2) is 0 Å². The van der Waals surface area contributed by atoms with Crippen LogP contribution < -0.4 is 16.2 Å². The van der Waals surface area contributed by atoms with Crippen LogP contribution in [0.3, 0.4) is 0 Å². The zero-order valence-corrected chi connectivity index (χ0v) is 11.1. The van der Waals surface area contributed by atoms with Crippen molar-refractivity contribution >= 4 is 17.3 Å². The molecule has 21 heavy (non-hydrogen) atoms. The molecule has 0 fully saturated rings. The second-order valence-corrected chi connectivity index (χ2v) is 4.29. The largest absolute Gasteiger partial charge is 0.432 e. The van der Waals surface area contributed by atoms with Crippen LogP contribution in [-0.2, 0) is 0 Å². The van der Waals surface area contributed by atoms with Gasteiger partial charge in [-0.3, -0.25) is 14.9 Å². The number of aryl methyl sites for hydroxylation is 1. The molecule has 8 nitrogen and oxygen atoms in total. The van der Waals surface area contributed by atoms with Crippen LogP contribution in [0.5, 0.6) is 11.6 Å². The lowest BCUT2D eigenvalue weighted by Gasteiger charge is -2.07. The van der Waals surface area contributed by atoms with Crippen molar-refractivity contribution in [1.29, 1.82) is 0 Å². The number of amides is 1. The highest BCUT2D eigenvalue weighted by atomic mass is 16.6. The SMILES string of the molecule is Cc1cc(Oc2ccc(C(N)=O)cc2[N+](=O)[O-])ncc1N. The number of primary amides is 1. The molecule has 1 amide bonds. The Hall–Kier alpha value is -3.16. The van der Waals surface area contributed by atoms with Crippen molar-refractivity contribution in [2.75, 3.05) is 5.73 Å². The normalized spacial score (nSPS) is 10.1. The third-order valence-corrected chi connectivity index (χ3v) is 2.78. The quantitative estimate of drug-likeness (QED) is 0.650. The molecule has 0 bridgehead atoms. The average molecular weight is 288 g/mol.